The van der Waals surface area contributed by atoms with Crippen LogP contribution in [0, 0.1) is 0 Å². The van der Waals surface area contributed by atoms with E-state index in [1.165, 1.54) is 0 Å². The molecule has 0 radical (unpaired) electrons. The molecule has 3 aromatic carbocycles. The van der Waals surface area contributed by atoms with E-state index in [2.05, 4.69) is 17.0 Å². The highest BCUT2D eigenvalue weighted by Crippen LogP contribution is 2.31. The fourth-order valence-corrected chi connectivity index (χ4v) is 4.93. The normalized spacial score (nSPS) is 11.0. The zero-order valence-corrected chi connectivity index (χ0v) is 23.7. The van der Waals surface area contributed by atoms with Crippen LogP contribution in [0.5, 0.6) is 17.2 Å². The Balaban J connectivity index is 1.47. The Hall–Kier alpha value is -5.31. The van der Waals surface area contributed by atoms with Gasteiger partial charge in [-0.05, 0) is 65.2 Å². The third-order valence-corrected chi connectivity index (χ3v) is 7.00. The lowest BCUT2D eigenvalue weighted by molar-refractivity contribution is 0.414. The van der Waals surface area contributed by atoms with E-state index in [9.17, 15) is 0 Å². The van der Waals surface area contributed by atoms with Gasteiger partial charge in [0.2, 0.25) is 5.95 Å². The predicted octanol–water partition coefficient (Wildman–Crippen LogP) is 6.37. The first kappa shape index (κ1) is 26.9. The Bertz CT molecular complexity index is 1750. The molecule has 42 heavy (non-hydrogen) atoms. The molecule has 0 unspecified atom stereocenters. The van der Waals surface area contributed by atoms with Crippen LogP contribution in [0.25, 0.3) is 22.5 Å². The monoisotopic (exact) mass is 561 g/mol. The number of ether oxygens (including phenoxy) is 3. The maximum atomic E-state index is 5.82. The third kappa shape index (κ3) is 5.76. The highest BCUT2D eigenvalue weighted by Gasteiger charge is 2.21. The van der Waals surface area contributed by atoms with E-state index < -0.39 is 0 Å². The molecule has 6 aromatic rings. The average molecular weight is 562 g/mol. The number of anilines is 1. The van der Waals surface area contributed by atoms with E-state index in [-0.39, 0.29) is 0 Å². The van der Waals surface area contributed by atoms with Gasteiger partial charge in [0.15, 0.2) is 11.4 Å². The van der Waals surface area contributed by atoms with E-state index in [0.29, 0.717) is 42.7 Å². The predicted molar refractivity (Wildman–Crippen MR) is 161 cm³/mol. The number of methoxy groups -OCH3 is 3. The first-order chi connectivity index (χ1) is 20.6. The Kier molecular flexibility index (Phi) is 7.72. The van der Waals surface area contributed by atoms with Crippen LogP contribution in [0.4, 0.5) is 5.95 Å². The second-order valence-electron chi connectivity index (χ2n) is 9.80. The number of benzene rings is 3. The van der Waals surface area contributed by atoms with Crippen molar-refractivity contribution in [3.8, 4) is 28.7 Å². The highest BCUT2D eigenvalue weighted by atomic mass is 16.5. The summed E-state index contributed by atoms with van der Waals surface area (Å²) in [6.45, 7) is 1.60. The van der Waals surface area contributed by atoms with Crippen molar-refractivity contribution in [2.75, 3.05) is 26.2 Å². The van der Waals surface area contributed by atoms with Crippen LogP contribution < -0.4 is 19.1 Å². The number of furan rings is 1. The first-order valence-electron chi connectivity index (χ1n) is 13.5. The molecule has 0 spiro atoms. The minimum Gasteiger partial charge on any atom is -0.497 e. The zero-order chi connectivity index (χ0) is 28.9. The molecule has 0 amide bonds. The summed E-state index contributed by atoms with van der Waals surface area (Å²) in [5.74, 6) is 3.56. The maximum Gasteiger partial charge on any atom is 0.228 e. The summed E-state index contributed by atoms with van der Waals surface area (Å²) in [7, 11) is 5.00. The summed E-state index contributed by atoms with van der Waals surface area (Å²) in [5.41, 5.74) is 4.55. The largest absolute Gasteiger partial charge is 0.497 e. The molecule has 0 saturated carbocycles. The number of hydrogen-bond donors (Lipinski definition) is 0. The SMILES string of the molecule is COc1cccc(CN(Cc2cccc(OC)c2)c2nc(-c3ccco3)c3cnn(Cc4cccc(OC)c4)c3n2)c1. The molecule has 0 aliphatic heterocycles. The van der Waals surface area contributed by atoms with E-state index in [0.717, 1.165) is 39.3 Å². The van der Waals surface area contributed by atoms with Crippen LogP contribution >= 0.6 is 0 Å². The van der Waals surface area contributed by atoms with Crippen molar-refractivity contribution in [2.24, 2.45) is 0 Å². The minimum atomic E-state index is 0.514. The van der Waals surface area contributed by atoms with Gasteiger partial charge in [-0.15, -0.1) is 0 Å². The smallest absolute Gasteiger partial charge is 0.228 e. The lowest BCUT2D eigenvalue weighted by Gasteiger charge is -2.24. The van der Waals surface area contributed by atoms with Crippen molar-refractivity contribution in [1.29, 1.82) is 0 Å². The Labute approximate surface area is 243 Å². The Morgan fingerprint density at radius 1 is 0.714 bits per heavy atom. The molecular weight excluding hydrogens is 530 g/mol. The van der Waals surface area contributed by atoms with Gasteiger partial charge in [-0.25, -0.2) is 9.67 Å². The van der Waals surface area contributed by atoms with Gasteiger partial charge in [-0.1, -0.05) is 36.4 Å². The van der Waals surface area contributed by atoms with Crippen LogP contribution in [0.2, 0.25) is 0 Å². The van der Waals surface area contributed by atoms with Crippen LogP contribution in [0.1, 0.15) is 16.7 Å². The van der Waals surface area contributed by atoms with Gasteiger partial charge in [0.1, 0.15) is 22.9 Å². The lowest BCUT2D eigenvalue weighted by atomic mass is 10.1. The second kappa shape index (κ2) is 12.1. The van der Waals surface area contributed by atoms with Crippen LogP contribution in [0.3, 0.4) is 0 Å². The molecule has 3 aromatic heterocycles. The number of fused-ring (bicyclic) bond motifs is 1. The highest BCUT2D eigenvalue weighted by molar-refractivity contribution is 5.89. The van der Waals surface area contributed by atoms with Gasteiger partial charge < -0.3 is 23.5 Å². The topological polar surface area (TPSA) is 87.7 Å². The minimum absolute atomic E-state index is 0.514. The molecule has 0 aliphatic carbocycles. The summed E-state index contributed by atoms with van der Waals surface area (Å²) >= 11 is 0. The van der Waals surface area contributed by atoms with Crippen LogP contribution in [-0.4, -0.2) is 41.1 Å². The fraction of sp³-hybridized carbons (Fsp3) is 0.182. The van der Waals surface area contributed by atoms with Crippen LogP contribution in [0.15, 0.2) is 102 Å². The van der Waals surface area contributed by atoms with Gasteiger partial charge in [0.05, 0.1) is 45.7 Å². The number of nitrogens with zero attached hydrogens (tertiary/aromatic N) is 5. The van der Waals surface area contributed by atoms with Gasteiger partial charge >= 0.3 is 0 Å². The van der Waals surface area contributed by atoms with Crippen molar-refractivity contribution in [1.82, 2.24) is 19.7 Å². The average Bonchev–Trinajstić information content (AvgIpc) is 3.71. The van der Waals surface area contributed by atoms with Gasteiger partial charge in [-0.3, -0.25) is 0 Å². The van der Waals surface area contributed by atoms with Crippen molar-refractivity contribution < 1.29 is 18.6 Å². The second-order valence-corrected chi connectivity index (χ2v) is 9.80. The molecule has 0 N–H and O–H groups in total. The Morgan fingerprint density at radius 3 is 1.88 bits per heavy atom. The quantitative estimate of drug-likeness (QED) is 0.180. The van der Waals surface area contributed by atoms with Crippen molar-refractivity contribution in [3.63, 3.8) is 0 Å². The number of rotatable bonds is 11. The third-order valence-electron chi connectivity index (χ3n) is 7.00. The van der Waals surface area contributed by atoms with Gasteiger partial charge in [-0.2, -0.15) is 10.1 Å². The van der Waals surface area contributed by atoms with Crippen LogP contribution in [-0.2, 0) is 19.6 Å². The first-order valence-corrected chi connectivity index (χ1v) is 13.5. The van der Waals surface area contributed by atoms with Crippen molar-refractivity contribution >= 4 is 17.0 Å². The van der Waals surface area contributed by atoms with E-state index in [1.54, 1.807) is 33.8 Å². The van der Waals surface area contributed by atoms with E-state index in [1.807, 2.05) is 77.5 Å². The zero-order valence-electron chi connectivity index (χ0n) is 23.7. The molecule has 0 atom stereocenters. The lowest BCUT2D eigenvalue weighted by Crippen LogP contribution is -2.25. The molecular formula is C33H31N5O4. The summed E-state index contributed by atoms with van der Waals surface area (Å²) in [4.78, 5) is 12.3. The molecule has 3 heterocycles. The number of aromatic nitrogens is 4. The molecule has 6 rings (SSSR count). The molecule has 0 fully saturated rings. The number of hydrogen-bond acceptors (Lipinski definition) is 8. The molecule has 0 bridgehead atoms. The fourth-order valence-electron chi connectivity index (χ4n) is 4.93. The summed E-state index contributed by atoms with van der Waals surface area (Å²) in [6, 6.07) is 27.7. The van der Waals surface area contributed by atoms with Crippen molar-refractivity contribution in [2.45, 2.75) is 19.6 Å². The van der Waals surface area contributed by atoms with E-state index in [4.69, 9.17) is 33.7 Å². The molecule has 0 saturated heterocycles. The summed E-state index contributed by atoms with van der Waals surface area (Å²) in [6.07, 6.45) is 3.44. The molecule has 212 valence electrons. The molecule has 9 heteroatoms. The van der Waals surface area contributed by atoms with Gasteiger partial charge in [0, 0.05) is 13.1 Å². The van der Waals surface area contributed by atoms with E-state index >= 15 is 0 Å². The van der Waals surface area contributed by atoms with Crippen molar-refractivity contribution in [3.05, 3.63) is 114 Å². The Morgan fingerprint density at radius 2 is 1.31 bits per heavy atom. The summed E-state index contributed by atoms with van der Waals surface area (Å²) in [5, 5.41) is 5.52. The standard InChI is InChI=1S/C33H31N5O4/c1-39-26-11-4-8-23(16-26)20-37(21-24-9-5-12-27(17-24)40-2)33-35-31(30-14-7-15-42-30)29-19-34-38(32(29)36-33)22-25-10-6-13-28(18-25)41-3/h4-19H,20-22H2,1-3H3. The molecule has 9 nitrogen and oxygen atoms in total. The summed E-state index contributed by atoms with van der Waals surface area (Å²) < 4.78 is 24.1. The molecule has 0 aliphatic rings. The van der Waals surface area contributed by atoms with Gasteiger partial charge in [0.25, 0.3) is 0 Å². The maximum absolute atomic E-state index is 5.82.